The van der Waals surface area contributed by atoms with Crippen molar-refractivity contribution in [3.8, 4) is 5.75 Å². The van der Waals surface area contributed by atoms with E-state index in [4.69, 9.17) is 4.74 Å². The second-order valence-corrected chi connectivity index (χ2v) is 8.46. The molecule has 7 heteroatoms. The molecule has 0 fully saturated rings. The number of ether oxygens (including phenoxy) is 1. The number of nitrogens with one attached hydrogen (secondary N) is 2. The Balaban J connectivity index is 1.66. The Labute approximate surface area is 170 Å². The summed E-state index contributed by atoms with van der Waals surface area (Å²) in [6.07, 6.45) is 0.714. The number of amides is 1. The van der Waals surface area contributed by atoms with Crippen LogP contribution in [-0.4, -0.2) is 27.5 Å². The Morgan fingerprint density at radius 3 is 2.55 bits per heavy atom. The molecular weight excluding hydrogens is 388 g/mol. The Hall–Kier alpha value is -2.90. The van der Waals surface area contributed by atoms with E-state index >= 15 is 0 Å². The number of benzene rings is 3. The van der Waals surface area contributed by atoms with Crippen LogP contribution in [0.4, 0.5) is 5.69 Å². The summed E-state index contributed by atoms with van der Waals surface area (Å²) in [7, 11) is -3.54. The van der Waals surface area contributed by atoms with Crippen molar-refractivity contribution in [2.75, 3.05) is 18.5 Å². The van der Waals surface area contributed by atoms with Gasteiger partial charge in [-0.15, -0.1) is 0 Å². The van der Waals surface area contributed by atoms with E-state index in [1.807, 2.05) is 49.4 Å². The Bertz CT molecular complexity index is 1120. The summed E-state index contributed by atoms with van der Waals surface area (Å²) in [6, 6.07) is 18.1. The molecule has 0 aliphatic heterocycles. The average Bonchev–Trinajstić information content (AvgIpc) is 2.71. The maximum absolute atomic E-state index is 12.3. The van der Waals surface area contributed by atoms with Crippen LogP contribution in [0.25, 0.3) is 10.8 Å². The molecule has 0 saturated carbocycles. The summed E-state index contributed by atoms with van der Waals surface area (Å²) in [5, 5.41) is 4.85. The SMILES string of the molecule is CCCNS(=O)(=O)c1ccc(OCC(=O)Nc2cccc3ccccc23)c(C)c1. The number of carbonyl (C=O) groups is 1. The Morgan fingerprint density at radius 2 is 1.79 bits per heavy atom. The van der Waals surface area contributed by atoms with E-state index in [1.54, 1.807) is 13.0 Å². The van der Waals surface area contributed by atoms with Gasteiger partial charge in [0, 0.05) is 17.6 Å². The molecule has 3 aromatic carbocycles. The number of fused-ring (bicyclic) bond motifs is 1. The van der Waals surface area contributed by atoms with Crippen LogP contribution in [0.3, 0.4) is 0 Å². The van der Waals surface area contributed by atoms with E-state index in [0.29, 0.717) is 24.3 Å². The predicted molar refractivity (Wildman–Crippen MR) is 115 cm³/mol. The van der Waals surface area contributed by atoms with E-state index in [-0.39, 0.29) is 17.4 Å². The van der Waals surface area contributed by atoms with E-state index in [2.05, 4.69) is 10.0 Å². The van der Waals surface area contributed by atoms with Crippen molar-refractivity contribution in [2.24, 2.45) is 0 Å². The molecule has 0 aliphatic rings. The van der Waals surface area contributed by atoms with Gasteiger partial charge in [0.2, 0.25) is 10.0 Å². The molecule has 0 heterocycles. The van der Waals surface area contributed by atoms with Gasteiger partial charge in [-0.25, -0.2) is 13.1 Å². The summed E-state index contributed by atoms with van der Waals surface area (Å²) in [5.41, 5.74) is 1.36. The van der Waals surface area contributed by atoms with Crippen molar-refractivity contribution < 1.29 is 17.9 Å². The lowest BCUT2D eigenvalue weighted by atomic mass is 10.1. The van der Waals surface area contributed by atoms with Crippen molar-refractivity contribution in [1.82, 2.24) is 4.72 Å². The topological polar surface area (TPSA) is 84.5 Å². The lowest BCUT2D eigenvalue weighted by Crippen LogP contribution is -2.24. The second kappa shape index (κ2) is 9.07. The van der Waals surface area contributed by atoms with Crippen LogP contribution in [0, 0.1) is 6.92 Å². The zero-order chi connectivity index (χ0) is 20.9. The summed E-state index contributed by atoms with van der Waals surface area (Å²) >= 11 is 0. The Morgan fingerprint density at radius 1 is 1.03 bits per heavy atom. The lowest BCUT2D eigenvalue weighted by molar-refractivity contribution is -0.118. The average molecular weight is 413 g/mol. The first-order valence-corrected chi connectivity index (χ1v) is 10.9. The number of aryl methyl sites for hydroxylation is 1. The first-order valence-electron chi connectivity index (χ1n) is 9.41. The van der Waals surface area contributed by atoms with Crippen molar-refractivity contribution in [3.63, 3.8) is 0 Å². The molecule has 0 spiro atoms. The van der Waals surface area contributed by atoms with Gasteiger partial charge in [0.05, 0.1) is 4.90 Å². The van der Waals surface area contributed by atoms with Gasteiger partial charge in [0.1, 0.15) is 5.75 Å². The summed E-state index contributed by atoms with van der Waals surface area (Å²) in [4.78, 5) is 12.5. The monoisotopic (exact) mass is 412 g/mol. The molecule has 0 radical (unpaired) electrons. The van der Waals surface area contributed by atoms with Crippen molar-refractivity contribution in [3.05, 3.63) is 66.2 Å². The van der Waals surface area contributed by atoms with Crippen LogP contribution >= 0.6 is 0 Å². The smallest absolute Gasteiger partial charge is 0.262 e. The zero-order valence-corrected chi connectivity index (χ0v) is 17.3. The Kier molecular flexibility index (Phi) is 6.51. The number of hydrogen-bond donors (Lipinski definition) is 2. The first-order chi connectivity index (χ1) is 13.9. The molecule has 0 saturated heterocycles. The van der Waals surface area contributed by atoms with Gasteiger partial charge in [0.15, 0.2) is 6.61 Å². The molecule has 1 amide bonds. The van der Waals surface area contributed by atoms with Gasteiger partial charge in [0.25, 0.3) is 5.91 Å². The maximum atomic E-state index is 12.3. The molecule has 152 valence electrons. The third kappa shape index (κ3) is 5.13. The van der Waals surface area contributed by atoms with Crippen LogP contribution in [0.2, 0.25) is 0 Å². The molecule has 0 bridgehead atoms. The molecule has 0 atom stereocenters. The van der Waals surface area contributed by atoms with Crippen LogP contribution < -0.4 is 14.8 Å². The van der Waals surface area contributed by atoms with Gasteiger partial charge >= 0.3 is 0 Å². The molecule has 0 unspecified atom stereocenters. The second-order valence-electron chi connectivity index (χ2n) is 6.69. The first kappa shape index (κ1) is 20.8. The number of sulfonamides is 1. The molecule has 3 rings (SSSR count). The van der Waals surface area contributed by atoms with Gasteiger partial charge in [-0.05, 0) is 48.6 Å². The summed E-state index contributed by atoms with van der Waals surface area (Å²) in [6.45, 7) is 3.85. The molecule has 0 aliphatic carbocycles. The van der Waals surface area contributed by atoms with Gasteiger partial charge in [-0.1, -0.05) is 43.3 Å². The van der Waals surface area contributed by atoms with Gasteiger partial charge in [-0.2, -0.15) is 0 Å². The fraction of sp³-hybridized carbons (Fsp3) is 0.227. The quantitative estimate of drug-likeness (QED) is 0.588. The standard InChI is InChI=1S/C22H24N2O4S/c1-3-13-23-29(26,27)18-11-12-21(16(2)14-18)28-15-22(25)24-20-10-6-8-17-7-4-5-9-19(17)20/h4-12,14,23H,3,13,15H2,1-2H3,(H,24,25). The van der Waals surface area contributed by atoms with Crippen LogP contribution in [0.5, 0.6) is 5.75 Å². The molecule has 2 N–H and O–H groups in total. The number of hydrogen-bond acceptors (Lipinski definition) is 4. The molecule has 6 nitrogen and oxygen atoms in total. The molecule has 29 heavy (non-hydrogen) atoms. The third-order valence-corrected chi connectivity index (χ3v) is 5.88. The van der Waals surface area contributed by atoms with Crippen LogP contribution in [0.15, 0.2) is 65.6 Å². The third-order valence-electron chi connectivity index (χ3n) is 4.42. The highest BCUT2D eigenvalue weighted by atomic mass is 32.2. The number of carbonyl (C=O) groups excluding carboxylic acids is 1. The highest BCUT2D eigenvalue weighted by Gasteiger charge is 2.15. The van der Waals surface area contributed by atoms with Gasteiger partial charge < -0.3 is 10.1 Å². The molecular formula is C22H24N2O4S. The fourth-order valence-corrected chi connectivity index (χ4v) is 4.15. The minimum atomic E-state index is -3.54. The van der Waals surface area contributed by atoms with E-state index in [0.717, 1.165) is 16.5 Å². The zero-order valence-electron chi connectivity index (χ0n) is 16.4. The van der Waals surface area contributed by atoms with Crippen molar-refractivity contribution in [2.45, 2.75) is 25.2 Å². The predicted octanol–water partition coefficient (Wildman–Crippen LogP) is 3.85. The maximum Gasteiger partial charge on any atom is 0.262 e. The highest BCUT2D eigenvalue weighted by molar-refractivity contribution is 7.89. The van der Waals surface area contributed by atoms with Crippen LogP contribution in [-0.2, 0) is 14.8 Å². The highest BCUT2D eigenvalue weighted by Crippen LogP contribution is 2.24. The van der Waals surface area contributed by atoms with Crippen molar-refractivity contribution >= 4 is 32.4 Å². The largest absolute Gasteiger partial charge is 0.483 e. The normalized spacial score (nSPS) is 11.4. The van der Waals surface area contributed by atoms with E-state index < -0.39 is 10.0 Å². The molecule has 0 aromatic heterocycles. The summed E-state index contributed by atoms with van der Waals surface area (Å²) < 4.78 is 32.6. The number of anilines is 1. The van der Waals surface area contributed by atoms with Crippen molar-refractivity contribution in [1.29, 1.82) is 0 Å². The minimum absolute atomic E-state index is 0.176. The van der Waals surface area contributed by atoms with Gasteiger partial charge in [-0.3, -0.25) is 4.79 Å². The van der Waals surface area contributed by atoms with E-state index in [1.165, 1.54) is 12.1 Å². The number of rotatable bonds is 8. The van der Waals surface area contributed by atoms with Crippen LogP contribution in [0.1, 0.15) is 18.9 Å². The van der Waals surface area contributed by atoms with E-state index in [9.17, 15) is 13.2 Å². The molecule has 3 aromatic rings. The summed E-state index contributed by atoms with van der Waals surface area (Å²) in [5.74, 6) is 0.176. The fourth-order valence-electron chi connectivity index (χ4n) is 2.93. The lowest BCUT2D eigenvalue weighted by Gasteiger charge is -2.12. The minimum Gasteiger partial charge on any atom is -0.483 e.